The maximum Gasteiger partial charge on any atom is 0.416 e. The zero-order valence-electron chi connectivity index (χ0n) is 18.1. The largest absolute Gasteiger partial charge is 0.416 e. The first-order valence-electron chi connectivity index (χ1n) is 10.8. The summed E-state index contributed by atoms with van der Waals surface area (Å²) in [5.74, 6) is 0. The minimum Gasteiger partial charge on any atom is -0.333 e. The van der Waals surface area contributed by atoms with E-state index >= 15 is 0 Å². The molecule has 0 saturated heterocycles. The first-order valence-corrected chi connectivity index (χ1v) is 10.8. The molecule has 0 bridgehead atoms. The Morgan fingerprint density at radius 1 is 0.862 bits per heavy atom. The van der Waals surface area contributed by atoms with E-state index in [2.05, 4.69) is 6.92 Å². The molecule has 1 atom stereocenters. The van der Waals surface area contributed by atoms with Gasteiger partial charge < -0.3 is 14.2 Å². The van der Waals surface area contributed by atoms with Gasteiger partial charge in [0.15, 0.2) is 0 Å². The number of ether oxygens (including phenoxy) is 3. The lowest BCUT2D eigenvalue weighted by molar-refractivity contribution is -0.285. The Kier molecular flexibility index (Phi) is 13.2. The maximum absolute atomic E-state index is 12.8. The number of hydrogen-bond donors (Lipinski definition) is 0. The van der Waals surface area contributed by atoms with Gasteiger partial charge in [-0.15, -0.1) is 0 Å². The zero-order valence-corrected chi connectivity index (χ0v) is 18.1. The number of unbranched alkanes of at least 4 members (excludes halogenated alkanes) is 6. The van der Waals surface area contributed by atoms with Gasteiger partial charge in [-0.25, -0.2) is 0 Å². The Balaban J connectivity index is 2.41. The Bertz CT molecular complexity index is 530. The molecule has 6 heteroatoms. The fourth-order valence-corrected chi connectivity index (χ4v) is 3.40. The number of aryl methyl sites for hydroxylation is 1. The predicted molar refractivity (Wildman–Crippen MR) is 110 cm³/mol. The quantitative estimate of drug-likeness (QED) is 0.211. The second-order valence-electron chi connectivity index (χ2n) is 7.52. The van der Waals surface area contributed by atoms with E-state index < -0.39 is 18.2 Å². The van der Waals surface area contributed by atoms with E-state index in [0.29, 0.717) is 6.42 Å². The molecule has 168 valence electrons. The second kappa shape index (κ2) is 14.8. The third-order valence-corrected chi connectivity index (χ3v) is 5.06. The number of methoxy groups -OCH3 is 2. The van der Waals surface area contributed by atoms with Gasteiger partial charge in [0.2, 0.25) is 0 Å². The molecule has 0 amide bonds. The molecule has 0 aliphatic heterocycles. The van der Waals surface area contributed by atoms with Crippen LogP contribution in [0.1, 0.15) is 82.3 Å². The molecule has 1 unspecified atom stereocenters. The number of alkyl halides is 3. The van der Waals surface area contributed by atoms with E-state index in [1.54, 1.807) is 20.3 Å². The molecular weight excluding hydrogens is 381 g/mol. The van der Waals surface area contributed by atoms with Crippen molar-refractivity contribution in [2.45, 2.75) is 96.3 Å². The van der Waals surface area contributed by atoms with Crippen LogP contribution in [-0.4, -0.2) is 26.8 Å². The van der Waals surface area contributed by atoms with E-state index in [9.17, 15) is 13.2 Å². The van der Waals surface area contributed by atoms with E-state index in [4.69, 9.17) is 14.2 Å². The number of hydrogen-bond acceptors (Lipinski definition) is 3. The summed E-state index contributed by atoms with van der Waals surface area (Å²) >= 11 is 0. The molecular formula is C23H37F3O3. The standard InChI is InChI=1S/C23H37F3O3/c1-4-5-6-7-8-9-16-21(29-22(27-2)28-3)17-11-10-13-19-14-12-15-20(18-19)23(24,25)26/h12,14-15,18,21-22H,4-11,13,16-17H2,1-3H3. The molecule has 0 aliphatic carbocycles. The highest BCUT2D eigenvalue weighted by atomic mass is 19.4. The summed E-state index contributed by atoms with van der Waals surface area (Å²) < 4.78 is 54.7. The van der Waals surface area contributed by atoms with Crippen molar-refractivity contribution in [1.82, 2.24) is 0 Å². The number of benzene rings is 1. The molecule has 0 radical (unpaired) electrons. The summed E-state index contributed by atoms with van der Waals surface area (Å²) in [4.78, 5) is 0. The van der Waals surface area contributed by atoms with Gasteiger partial charge in [-0.3, -0.25) is 0 Å². The van der Waals surface area contributed by atoms with Crippen LogP contribution in [0.2, 0.25) is 0 Å². The van der Waals surface area contributed by atoms with Crippen LogP contribution in [0.5, 0.6) is 0 Å². The molecule has 0 aromatic heterocycles. The highest BCUT2D eigenvalue weighted by molar-refractivity contribution is 5.25. The van der Waals surface area contributed by atoms with Crippen molar-refractivity contribution in [2.75, 3.05) is 14.2 Å². The minimum atomic E-state index is -4.29. The normalized spacial score (nSPS) is 13.2. The average Bonchev–Trinajstić information content (AvgIpc) is 2.70. The van der Waals surface area contributed by atoms with Crippen LogP contribution in [-0.2, 0) is 26.8 Å². The molecule has 0 N–H and O–H groups in total. The summed E-state index contributed by atoms with van der Waals surface area (Å²) in [5, 5.41) is 0. The third-order valence-electron chi connectivity index (χ3n) is 5.06. The van der Waals surface area contributed by atoms with Crippen LogP contribution < -0.4 is 0 Å². The Morgan fingerprint density at radius 3 is 2.10 bits per heavy atom. The van der Waals surface area contributed by atoms with Crippen molar-refractivity contribution in [3.05, 3.63) is 35.4 Å². The number of rotatable bonds is 16. The minimum absolute atomic E-state index is 0.0348. The molecule has 0 aliphatic rings. The van der Waals surface area contributed by atoms with Crippen molar-refractivity contribution >= 4 is 0 Å². The third kappa shape index (κ3) is 11.6. The van der Waals surface area contributed by atoms with Crippen LogP contribution in [0.4, 0.5) is 13.2 Å². The fourth-order valence-electron chi connectivity index (χ4n) is 3.40. The van der Waals surface area contributed by atoms with Crippen LogP contribution in [0.15, 0.2) is 24.3 Å². The molecule has 0 heterocycles. The van der Waals surface area contributed by atoms with Crippen molar-refractivity contribution in [1.29, 1.82) is 0 Å². The molecule has 0 fully saturated rings. The lowest BCUT2D eigenvalue weighted by atomic mass is 10.0. The fraction of sp³-hybridized carbons (Fsp3) is 0.739. The average molecular weight is 419 g/mol. The van der Waals surface area contributed by atoms with E-state index in [1.165, 1.54) is 44.2 Å². The maximum atomic E-state index is 12.8. The molecule has 1 aromatic rings. The molecule has 0 spiro atoms. The highest BCUT2D eigenvalue weighted by Gasteiger charge is 2.30. The lowest BCUT2D eigenvalue weighted by Crippen LogP contribution is -2.25. The van der Waals surface area contributed by atoms with Crippen molar-refractivity contribution < 1.29 is 27.4 Å². The topological polar surface area (TPSA) is 27.7 Å². The summed E-state index contributed by atoms with van der Waals surface area (Å²) in [6.45, 7) is 1.53. The smallest absolute Gasteiger partial charge is 0.333 e. The van der Waals surface area contributed by atoms with Gasteiger partial charge in [0.1, 0.15) is 0 Å². The van der Waals surface area contributed by atoms with Gasteiger partial charge in [-0.05, 0) is 37.3 Å². The highest BCUT2D eigenvalue weighted by Crippen LogP contribution is 2.30. The molecule has 1 aromatic carbocycles. The first kappa shape index (κ1) is 25.9. The zero-order chi connectivity index (χ0) is 21.5. The molecule has 1 rings (SSSR count). The lowest BCUT2D eigenvalue weighted by Gasteiger charge is -2.23. The van der Waals surface area contributed by atoms with Crippen LogP contribution in [0.3, 0.4) is 0 Å². The van der Waals surface area contributed by atoms with E-state index in [1.807, 2.05) is 0 Å². The monoisotopic (exact) mass is 418 g/mol. The first-order chi connectivity index (χ1) is 13.9. The van der Waals surface area contributed by atoms with Crippen molar-refractivity contribution in [2.24, 2.45) is 0 Å². The van der Waals surface area contributed by atoms with Gasteiger partial charge in [0, 0.05) is 14.2 Å². The van der Waals surface area contributed by atoms with Crippen LogP contribution in [0, 0.1) is 0 Å². The van der Waals surface area contributed by atoms with Crippen molar-refractivity contribution in [3.63, 3.8) is 0 Å². The molecule has 29 heavy (non-hydrogen) atoms. The van der Waals surface area contributed by atoms with Gasteiger partial charge >= 0.3 is 6.18 Å². The van der Waals surface area contributed by atoms with Gasteiger partial charge in [0.25, 0.3) is 6.48 Å². The molecule has 0 saturated carbocycles. The SMILES string of the molecule is CCCCCCCCC(CCCCc1cccc(C(F)(F)F)c1)OC(OC)OC. The Labute approximate surface area is 173 Å². The summed E-state index contributed by atoms with van der Waals surface area (Å²) in [6, 6.07) is 5.59. The number of halogens is 3. The van der Waals surface area contributed by atoms with Gasteiger partial charge in [-0.2, -0.15) is 13.2 Å². The van der Waals surface area contributed by atoms with Gasteiger partial charge in [-0.1, -0.05) is 70.1 Å². The molecule has 3 nitrogen and oxygen atoms in total. The van der Waals surface area contributed by atoms with Crippen molar-refractivity contribution in [3.8, 4) is 0 Å². The summed E-state index contributed by atoms with van der Waals surface area (Å²) in [5.41, 5.74) is 0.141. The van der Waals surface area contributed by atoms with E-state index in [-0.39, 0.29) is 6.10 Å². The van der Waals surface area contributed by atoms with E-state index in [0.717, 1.165) is 43.7 Å². The van der Waals surface area contributed by atoms with Crippen LogP contribution in [0.25, 0.3) is 0 Å². The Morgan fingerprint density at radius 2 is 1.48 bits per heavy atom. The summed E-state index contributed by atoms with van der Waals surface area (Å²) in [7, 11) is 3.09. The van der Waals surface area contributed by atoms with Gasteiger partial charge in [0.05, 0.1) is 11.7 Å². The van der Waals surface area contributed by atoms with Crippen LogP contribution >= 0.6 is 0 Å². The second-order valence-corrected chi connectivity index (χ2v) is 7.52. The Hall–Kier alpha value is -1.11. The summed E-state index contributed by atoms with van der Waals surface area (Å²) in [6.07, 6.45) is 7.20. The predicted octanol–water partition coefficient (Wildman–Crippen LogP) is 7.13.